The molecular weight excluding hydrogens is 248 g/mol. The third kappa shape index (κ3) is 2.95. The first-order chi connectivity index (χ1) is 8.53. The molecule has 0 amide bonds. The van der Waals surface area contributed by atoms with Crippen molar-refractivity contribution in [3.05, 3.63) is 29.3 Å². The highest BCUT2D eigenvalue weighted by molar-refractivity contribution is 6.30. The van der Waals surface area contributed by atoms with Crippen LogP contribution in [-0.2, 0) is 4.74 Å². The minimum atomic E-state index is -0.568. The highest BCUT2D eigenvalue weighted by atomic mass is 35.5. The molecule has 0 aromatic heterocycles. The molecule has 18 heavy (non-hydrogen) atoms. The standard InChI is InChI=1S/C14H17ClN2O/c1-10-7-14(9-16,8-11(2)18-10)17-13-5-3-4-12(15)6-13/h3-6,10-11,17H,7-8H2,1-2H3. The minimum absolute atomic E-state index is 0.0834. The Hall–Kier alpha value is -1.24. The van der Waals surface area contributed by atoms with Crippen LogP contribution in [0, 0.1) is 11.3 Å². The van der Waals surface area contributed by atoms with Crippen molar-refractivity contribution < 1.29 is 4.74 Å². The van der Waals surface area contributed by atoms with Crippen LogP contribution < -0.4 is 5.32 Å². The van der Waals surface area contributed by atoms with Crippen LogP contribution in [0.3, 0.4) is 0 Å². The van der Waals surface area contributed by atoms with E-state index in [4.69, 9.17) is 16.3 Å². The largest absolute Gasteiger partial charge is 0.375 e. The number of ether oxygens (including phenoxy) is 1. The van der Waals surface area contributed by atoms with E-state index in [0.717, 1.165) is 5.69 Å². The number of nitrogens with zero attached hydrogens (tertiary/aromatic N) is 1. The van der Waals surface area contributed by atoms with Gasteiger partial charge in [-0.15, -0.1) is 0 Å². The van der Waals surface area contributed by atoms with Crippen LogP contribution in [0.15, 0.2) is 24.3 Å². The molecule has 2 rings (SSSR count). The molecule has 2 atom stereocenters. The highest BCUT2D eigenvalue weighted by Gasteiger charge is 2.38. The lowest BCUT2D eigenvalue weighted by Gasteiger charge is -2.39. The number of halogens is 1. The summed E-state index contributed by atoms with van der Waals surface area (Å²) < 4.78 is 5.69. The SMILES string of the molecule is CC1CC(C#N)(Nc2cccc(Cl)c2)CC(C)O1. The molecule has 1 aliphatic rings. The molecule has 0 spiro atoms. The Morgan fingerprint density at radius 1 is 1.39 bits per heavy atom. The third-order valence-corrected chi connectivity index (χ3v) is 3.39. The van der Waals surface area contributed by atoms with Gasteiger partial charge in [0.2, 0.25) is 0 Å². The normalized spacial score (nSPS) is 31.7. The molecular formula is C14H17ClN2O. The molecule has 1 saturated heterocycles. The number of nitrogens with one attached hydrogen (secondary N) is 1. The third-order valence-electron chi connectivity index (χ3n) is 3.16. The maximum absolute atomic E-state index is 9.51. The molecule has 4 heteroatoms. The lowest BCUT2D eigenvalue weighted by atomic mass is 9.85. The average molecular weight is 265 g/mol. The van der Waals surface area contributed by atoms with Crippen molar-refractivity contribution in [1.82, 2.24) is 0 Å². The first kappa shape index (κ1) is 13.2. The molecule has 2 unspecified atom stereocenters. The van der Waals surface area contributed by atoms with E-state index in [2.05, 4.69) is 11.4 Å². The van der Waals surface area contributed by atoms with Crippen molar-refractivity contribution in [1.29, 1.82) is 5.26 Å². The summed E-state index contributed by atoms with van der Waals surface area (Å²) in [5, 5.41) is 13.5. The van der Waals surface area contributed by atoms with Crippen molar-refractivity contribution in [2.45, 2.75) is 44.4 Å². The zero-order valence-electron chi connectivity index (χ0n) is 10.6. The summed E-state index contributed by atoms with van der Waals surface area (Å²) in [6.45, 7) is 4.00. The quantitative estimate of drug-likeness (QED) is 0.888. The van der Waals surface area contributed by atoms with Gasteiger partial charge in [0.25, 0.3) is 0 Å². The van der Waals surface area contributed by atoms with Gasteiger partial charge in [0.05, 0.1) is 18.3 Å². The summed E-state index contributed by atoms with van der Waals surface area (Å²) >= 11 is 5.96. The van der Waals surface area contributed by atoms with Crippen molar-refractivity contribution >= 4 is 17.3 Å². The van der Waals surface area contributed by atoms with Crippen LogP contribution in [0.1, 0.15) is 26.7 Å². The van der Waals surface area contributed by atoms with Crippen molar-refractivity contribution in [3.63, 3.8) is 0 Å². The van der Waals surface area contributed by atoms with E-state index >= 15 is 0 Å². The van der Waals surface area contributed by atoms with Crippen LogP contribution in [0.2, 0.25) is 5.02 Å². The van der Waals surface area contributed by atoms with Gasteiger partial charge in [-0.05, 0) is 32.0 Å². The highest BCUT2D eigenvalue weighted by Crippen LogP contribution is 2.32. The summed E-state index contributed by atoms with van der Waals surface area (Å²) in [7, 11) is 0. The van der Waals surface area contributed by atoms with Crippen molar-refractivity contribution in [3.8, 4) is 6.07 Å². The number of rotatable bonds is 2. The fraction of sp³-hybridized carbons (Fsp3) is 0.500. The second-order valence-corrected chi connectivity index (χ2v) is 5.43. The van der Waals surface area contributed by atoms with E-state index in [1.807, 2.05) is 38.1 Å². The Morgan fingerprint density at radius 2 is 2.06 bits per heavy atom. The number of benzene rings is 1. The molecule has 0 radical (unpaired) electrons. The fourth-order valence-electron chi connectivity index (χ4n) is 2.62. The van der Waals surface area contributed by atoms with Gasteiger partial charge in [-0.1, -0.05) is 17.7 Å². The predicted molar refractivity (Wildman–Crippen MR) is 72.7 cm³/mol. The number of hydrogen-bond donors (Lipinski definition) is 1. The van der Waals surface area contributed by atoms with Gasteiger partial charge >= 0.3 is 0 Å². The van der Waals surface area contributed by atoms with Crippen LogP contribution in [-0.4, -0.2) is 17.7 Å². The Balaban J connectivity index is 2.21. The molecule has 1 fully saturated rings. The summed E-state index contributed by atoms with van der Waals surface area (Å²) in [5.41, 5.74) is 0.312. The first-order valence-electron chi connectivity index (χ1n) is 6.13. The van der Waals surface area contributed by atoms with Gasteiger partial charge in [-0.25, -0.2) is 0 Å². The number of hydrogen-bond acceptors (Lipinski definition) is 3. The van der Waals surface area contributed by atoms with E-state index in [0.29, 0.717) is 17.9 Å². The van der Waals surface area contributed by atoms with Crippen LogP contribution in [0.4, 0.5) is 5.69 Å². The predicted octanol–water partition coefficient (Wildman–Crippen LogP) is 3.60. The maximum Gasteiger partial charge on any atom is 0.130 e. The van der Waals surface area contributed by atoms with Gasteiger partial charge < -0.3 is 10.1 Å². The number of nitriles is 1. The second-order valence-electron chi connectivity index (χ2n) is 4.99. The van der Waals surface area contributed by atoms with E-state index in [1.54, 1.807) is 0 Å². The molecule has 1 aliphatic heterocycles. The minimum Gasteiger partial charge on any atom is -0.375 e. The molecule has 3 nitrogen and oxygen atoms in total. The monoisotopic (exact) mass is 264 g/mol. The summed E-state index contributed by atoms with van der Waals surface area (Å²) in [4.78, 5) is 0. The zero-order chi connectivity index (χ0) is 13.2. The van der Waals surface area contributed by atoms with Gasteiger partial charge in [0.15, 0.2) is 0 Å². The average Bonchev–Trinajstić information content (AvgIpc) is 2.27. The first-order valence-corrected chi connectivity index (χ1v) is 6.51. The smallest absolute Gasteiger partial charge is 0.130 e. The lowest BCUT2D eigenvalue weighted by Crippen LogP contribution is -2.47. The second kappa shape index (κ2) is 5.17. The van der Waals surface area contributed by atoms with Gasteiger partial charge in [-0.2, -0.15) is 5.26 Å². The Kier molecular flexibility index (Phi) is 3.79. The lowest BCUT2D eigenvalue weighted by molar-refractivity contribution is -0.0451. The van der Waals surface area contributed by atoms with Crippen molar-refractivity contribution in [2.24, 2.45) is 0 Å². The van der Waals surface area contributed by atoms with Gasteiger partial charge in [0.1, 0.15) is 5.54 Å². The maximum atomic E-state index is 9.51. The van der Waals surface area contributed by atoms with Crippen LogP contribution in [0.25, 0.3) is 0 Å². The van der Waals surface area contributed by atoms with Gasteiger partial charge in [-0.3, -0.25) is 0 Å². The molecule has 0 aliphatic carbocycles. The van der Waals surface area contributed by atoms with E-state index in [-0.39, 0.29) is 12.2 Å². The Bertz CT molecular complexity index is 459. The molecule has 1 aromatic rings. The Morgan fingerprint density at radius 3 is 2.61 bits per heavy atom. The topological polar surface area (TPSA) is 45.0 Å². The van der Waals surface area contributed by atoms with E-state index < -0.39 is 5.54 Å². The molecule has 96 valence electrons. The Labute approximate surface area is 113 Å². The van der Waals surface area contributed by atoms with Crippen molar-refractivity contribution in [2.75, 3.05) is 5.32 Å². The van der Waals surface area contributed by atoms with Crippen LogP contribution in [0.5, 0.6) is 0 Å². The molecule has 0 bridgehead atoms. The zero-order valence-corrected chi connectivity index (χ0v) is 11.4. The van der Waals surface area contributed by atoms with E-state index in [9.17, 15) is 5.26 Å². The summed E-state index contributed by atoms with van der Waals surface area (Å²) in [6.07, 6.45) is 1.53. The summed E-state index contributed by atoms with van der Waals surface area (Å²) in [5.74, 6) is 0. The van der Waals surface area contributed by atoms with Gasteiger partial charge in [0, 0.05) is 23.6 Å². The van der Waals surface area contributed by atoms with E-state index in [1.165, 1.54) is 0 Å². The number of anilines is 1. The molecule has 1 aromatic carbocycles. The molecule has 1 heterocycles. The molecule has 1 N–H and O–H groups in total. The van der Waals surface area contributed by atoms with Crippen LogP contribution >= 0.6 is 11.6 Å². The summed E-state index contributed by atoms with van der Waals surface area (Å²) in [6, 6.07) is 9.87. The molecule has 0 saturated carbocycles. The fourth-order valence-corrected chi connectivity index (χ4v) is 2.81.